The van der Waals surface area contributed by atoms with Crippen LogP contribution < -0.4 is 4.74 Å². The zero-order chi connectivity index (χ0) is 18.1. The summed E-state index contributed by atoms with van der Waals surface area (Å²) in [5.41, 5.74) is 0.682. The highest BCUT2D eigenvalue weighted by Crippen LogP contribution is 2.30. The van der Waals surface area contributed by atoms with Crippen LogP contribution in [0.1, 0.15) is 18.4 Å². The molecular weight excluding hydrogens is 374 g/mol. The van der Waals surface area contributed by atoms with Crippen LogP contribution in [0.3, 0.4) is 0 Å². The van der Waals surface area contributed by atoms with Crippen LogP contribution in [0, 0.1) is 5.92 Å². The van der Waals surface area contributed by atoms with Crippen LogP contribution in [0.15, 0.2) is 51.9 Å². The number of rotatable bonds is 3. The van der Waals surface area contributed by atoms with Gasteiger partial charge in [0.05, 0.1) is 6.61 Å². The molecule has 136 valence electrons. The number of aromatic nitrogens is 1. The molecule has 1 saturated heterocycles. The number of sulfonamides is 1. The van der Waals surface area contributed by atoms with Crippen molar-refractivity contribution in [1.29, 1.82) is 0 Å². The number of hydrogen-bond acceptors (Lipinski definition) is 5. The first kappa shape index (κ1) is 17.3. The predicted octanol–water partition coefficient (Wildman–Crippen LogP) is 2.97. The molecule has 0 amide bonds. The summed E-state index contributed by atoms with van der Waals surface area (Å²) in [6.07, 6.45) is 3.59. The first-order chi connectivity index (χ1) is 12.5. The largest absolute Gasteiger partial charge is 0.476 e. The number of benzene rings is 1. The van der Waals surface area contributed by atoms with E-state index in [2.05, 4.69) is 9.38 Å². The number of piperidine rings is 1. The van der Waals surface area contributed by atoms with E-state index in [0.717, 1.165) is 19.4 Å². The number of likely N-dealkylation sites (tertiary alicyclic amines) is 1. The van der Waals surface area contributed by atoms with Crippen molar-refractivity contribution in [3.8, 4) is 5.88 Å². The van der Waals surface area contributed by atoms with Crippen LogP contribution in [-0.2, 0) is 10.0 Å². The average molecular weight is 392 g/mol. The maximum atomic E-state index is 12.3. The van der Waals surface area contributed by atoms with Gasteiger partial charge in [-0.15, -0.1) is 4.40 Å². The molecule has 26 heavy (non-hydrogen) atoms. The zero-order valence-electron chi connectivity index (χ0n) is 14.0. The normalized spacial score (nSPS) is 21.2. The number of ether oxygens (including phenoxy) is 1. The van der Waals surface area contributed by atoms with Gasteiger partial charge in [0.15, 0.2) is 5.84 Å². The van der Waals surface area contributed by atoms with Gasteiger partial charge in [0.25, 0.3) is 10.0 Å². The van der Waals surface area contributed by atoms with Gasteiger partial charge in [-0.3, -0.25) is 0 Å². The highest BCUT2D eigenvalue weighted by atomic mass is 35.5. The number of fused-ring (bicyclic) bond motifs is 1. The number of amidine groups is 1. The minimum atomic E-state index is -3.59. The van der Waals surface area contributed by atoms with Crippen molar-refractivity contribution in [1.82, 2.24) is 9.88 Å². The Bertz CT molecular complexity index is 962. The van der Waals surface area contributed by atoms with Gasteiger partial charge in [-0.1, -0.05) is 23.7 Å². The summed E-state index contributed by atoms with van der Waals surface area (Å²) >= 11 is 6.08. The van der Waals surface area contributed by atoms with E-state index in [1.807, 2.05) is 17.0 Å². The number of halogens is 1. The lowest BCUT2D eigenvalue weighted by Crippen LogP contribution is -2.41. The van der Waals surface area contributed by atoms with Gasteiger partial charge in [0.1, 0.15) is 9.92 Å². The Labute approximate surface area is 157 Å². The monoisotopic (exact) mass is 391 g/mol. The van der Waals surface area contributed by atoms with Gasteiger partial charge in [-0.25, -0.2) is 4.98 Å². The third-order valence-electron chi connectivity index (χ3n) is 4.61. The number of hydrogen-bond donors (Lipinski definition) is 0. The molecule has 0 N–H and O–H groups in total. The Morgan fingerprint density at radius 1 is 1.23 bits per heavy atom. The SMILES string of the molecule is O=S1(=O)N=C(N2CCCC(COc3ncccc3Cl)C2)c2ccccc21. The highest BCUT2D eigenvalue weighted by molar-refractivity contribution is 7.90. The van der Waals surface area contributed by atoms with Crippen LogP contribution in [-0.4, -0.2) is 43.8 Å². The molecule has 1 fully saturated rings. The predicted molar refractivity (Wildman–Crippen MR) is 99.2 cm³/mol. The molecule has 2 aromatic rings. The lowest BCUT2D eigenvalue weighted by molar-refractivity contribution is 0.171. The van der Waals surface area contributed by atoms with Crippen molar-refractivity contribution in [3.05, 3.63) is 53.2 Å². The quantitative estimate of drug-likeness (QED) is 0.804. The second-order valence-corrected chi connectivity index (χ2v) is 8.42. The van der Waals surface area contributed by atoms with Crippen molar-refractivity contribution in [2.24, 2.45) is 10.3 Å². The lowest BCUT2D eigenvalue weighted by Gasteiger charge is -2.33. The molecule has 1 aromatic carbocycles. The lowest BCUT2D eigenvalue weighted by atomic mass is 9.98. The van der Waals surface area contributed by atoms with Crippen LogP contribution in [0.25, 0.3) is 0 Å². The van der Waals surface area contributed by atoms with Crippen molar-refractivity contribution in [2.45, 2.75) is 17.7 Å². The van der Waals surface area contributed by atoms with Gasteiger partial charge < -0.3 is 9.64 Å². The Hall–Kier alpha value is -2.12. The van der Waals surface area contributed by atoms with E-state index in [9.17, 15) is 8.42 Å². The Morgan fingerprint density at radius 2 is 2.08 bits per heavy atom. The first-order valence-electron chi connectivity index (χ1n) is 8.47. The Morgan fingerprint density at radius 3 is 2.92 bits per heavy atom. The molecule has 0 aliphatic carbocycles. The Kier molecular flexibility index (Phi) is 4.58. The summed E-state index contributed by atoms with van der Waals surface area (Å²) in [6.45, 7) is 1.95. The number of pyridine rings is 1. The molecule has 1 aromatic heterocycles. The first-order valence-corrected chi connectivity index (χ1v) is 10.3. The fourth-order valence-corrected chi connectivity index (χ4v) is 4.79. The Balaban J connectivity index is 1.49. The minimum absolute atomic E-state index is 0.250. The molecule has 0 saturated carbocycles. The standard InChI is InChI=1S/C18H18ClN3O3S/c19-15-7-3-9-20-18(15)25-12-13-5-4-10-22(11-13)17-14-6-1-2-8-16(14)26(23,24)21-17/h1-3,6-9,13H,4-5,10-12H2. The molecule has 3 heterocycles. The topological polar surface area (TPSA) is 71.9 Å². The molecule has 8 heteroatoms. The van der Waals surface area contributed by atoms with Gasteiger partial charge in [0.2, 0.25) is 5.88 Å². The fourth-order valence-electron chi connectivity index (χ4n) is 3.38. The second kappa shape index (κ2) is 6.89. The van der Waals surface area contributed by atoms with Crippen molar-refractivity contribution >= 4 is 27.5 Å². The third-order valence-corrected chi connectivity index (χ3v) is 6.22. The van der Waals surface area contributed by atoms with Crippen LogP contribution in [0.4, 0.5) is 0 Å². The molecule has 2 aliphatic heterocycles. The molecule has 2 aliphatic rings. The molecule has 0 radical (unpaired) electrons. The van der Waals surface area contributed by atoms with Crippen molar-refractivity contribution in [3.63, 3.8) is 0 Å². The van der Waals surface area contributed by atoms with Crippen molar-refractivity contribution < 1.29 is 13.2 Å². The third kappa shape index (κ3) is 3.29. The summed E-state index contributed by atoms with van der Waals surface area (Å²) in [6, 6.07) is 10.5. The van der Waals surface area contributed by atoms with Crippen LogP contribution >= 0.6 is 11.6 Å². The van der Waals surface area contributed by atoms with Gasteiger partial charge >= 0.3 is 0 Å². The van der Waals surface area contributed by atoms with E-state index >= 15 is 0 Å². The molecule has 6 nitrogen and oxygen atoms in total. The molecule has 0 spiro atoms. The molecule has 1 unspecified atom stereocenters. The summed E-state index contributed by atoms with van der Waals surface area (Å²) in [7, 11) is -3.59. The second-order valence-electron chi connectivity index (χ2n) is 6.44. The molecule has 1 atom stereocenters. The van der Waals surface area contributed by atoms with E-state index < -0.39 is 10.0 Å². The minimum Gasteiger partial charge on any atom is -0.476 e. The molecule has 4 rings (SSSR count). The molecular formula is C18H18ClN3O3S. The highest BCUT2D eigenvalue weighted by Gasteiger charge is 2.33. The maximum Gasteiger partial charge on any atom is 0.285 e. The maximum absolute atomic E-state index is 12.3. The van der Waals surface area contributed by atoms with Crippen molar-refractivity contribution in [2.75, 3.05) is 19.7 Å². The average Bonchev–Trinajstić information content (AvgIpc) is 2.93. The summed E-state index contributed by atoms with van der Waals surface area (Å²) in [5, 5.41) is 0.486. The zero-order valence-corrected chi connectivity index (χ0v) is 15.6. The number of nitrogens with zero attached hydrogens (tertiary/aromatic N) is 3. The summed E-state index contributed by atoms with van der Waals surface area (Å²) < 4.78 is 34.3. The van der Waals surface area contributed by atoms with Gasteiger partial charge in [-0.05, 0) is 37.1 Å². The van der Waals surface area contributed by atoms with E-state index in [-0.39, 0.29) is 10.8 Å². The smallest absolute Gasteiger partial charge is 0.285 e. The van der Waals surface area contributed by atoms with Gasteiger partial charge in [-0.2, -0.15) is 8.42 Å². The summed E-state index contributed by atoms with van der Waals surface area (Å²) in [4.78, 5) is 6.47. The molecule has 0 bridgehead atoms. The van der Waals surface area contributed by atoms with E-state index in [1.165, 1.54) is 0 Å². The van der Waals surface area contributed by atoms with Gasteiger partial charge in [0, 0.05) is 30.8 Å². The van der Waals surface area contributed by atoms with E-state index in [4.69, 9.17) is 16.3 Å². The fraction of sp³-hybridized carbons (Fsp3) is 0.333. The van der Waals surface area contributed by atoms with Crippen LogP contribution in [0.5, 0.6) is 5.88 Å². The summed E-state index contributed by atoms with van der Waals surface area (Å²) in [5.74, 6) is 1.22. The van der Waals surface area contributed by atoms with E-state index in [1.54, 1.807) is 30.5 Å². The van der Waals surface area contributed by atoms with Crippen LogP contribution in [0.2, 0.25) is 5.02 Å². The van der Waals surface area contributed by atoms with E-state index in [0.29, 0.717) is 35.5 Å².